The zero-order chi connectivity index (χ0) is 21.4. The third kappa shape index (κ3) is 3.54. The molecular weight excluding hydrogens is 428 g/mol. The Kier molecular flexibility index (Phi) is 5.09. The number of rotatable bonds is 5. The second-order valence-electron chi connectivity index (χ2n) is 7.25. The highest BCUT2D eigenvalue weighted by Crippen LogP contribution is 2.45. The molecule has 3 aromatic carbocycles. The van der Waals surface area contributed by atoms with Crippen molar-refractivity contribution in [2.45, 2.75) is 17.1 Å². The predicted octanol–water partition coefficient (Wildman–Crippen LogP) is 4.81. The molecule has 2 heterocycles. The van der Waals surface area contributed by atoms with Gasteiger partial charge in [0, 0.05) is 22.5 Å². The zero-order valence-electron chi connectivity index (χ0n) is 16.6. The average Bonchev–Trinajstić information content (AvgIpc) is 3.36. The number of fused-ring (bicyclic) bond motifs is 1. The molecule has 4 aromatic rings. The number of cyclic esters (lactones) is 1. The van der Waals surface area contributed by atoms with E-state index in [1.165, 1.54) is 0 Å². The normalized spacial score (nSPS) is 18.6. The summed E-state index contributed by atoms with van der Waals surface area (Å²) in [5.41, 5.74) is 4.53. The zero-order valence-corrected chi connectivity index (χ0v) is 18.2. The number of benzene rings is 3. The minimum atomic E-state index is -1.84. The van der Waals surface area contributed by atoms with Gasteiger partial charge in [-0.3, -0.25) is 0 Å². The summed E-state index contributed by atoms with van der Waals surface area (Å²) in [5, 5.41) is 11.7. The fraction of sp³-hybridized carbons (Fsp3) is 0.125. The Morgan fingerprint density at radius 1 is 1.00 bits per heavy atom. The van der Waals surface area contributed by atoms with Crippen molar-refractivity contribution < 1.29 is 14.6 Å². The van der Waals surface area contributed by atoms with Crippen LogP contribution in [0.4, 0.5) is 0 Å². The molecule has 0 aliphatic carbocycles. The van der Waals surface area contributed by atoms with Crippen LogP contribution in [0.2, 0.25) is 0 Å². The maximum Gasteiger partial charge on any atom is 0.342 e. The number of ether oxygens (including phenoxy) is 1. The fourth-order valence-corrected chi connectivity index (χ4v) is 4.75. The number of carbonyl (C=O) groups is 1. The number of hydrogen-bond donors (Lipinski definition) is 1. The molecule has 1 atom stereocenters. The highest BCUT2D eigenvalue weighted by Gasteiger charge is 2.48. The van der Waals surface area contributed by atoms with Gasteiger partial charge in [-0.05, 0) is 41.6 Å². The Hall–Kier alpha value is -3.00. The number of aromatic nitrogens is 2. The van der Waals surface area contributed by atoms with Gasteiger partial charge in [0.25, 0.3) is 5.79 Å². The van der Waals surface area contributed by atoms with Crippen molar-refractivity contribution in [2.75, 3.05) is 6.26 Å². The second-order valence-corrected chi connectivity index (χ2v) is 8.65. The highest BCUT2D eigenvalue weighted by molar-refractivity contribution is 7.98. The molecule has 0 spiro atoms. The van der Waals surface area contributed by atoms with E-state index in [0.717, 1.165) is 27.7 Å². The van der Waals surface area contributed by atoms with Crippen LogP contribution in [0.15, 0.2) is 83.3 Å². The van der Waals surface area contributed by atoms with E-state index >= 15 is 0 Å². The van der Waals surface area contributed by atoms with E-state index in [9.17, 15) is 9.90 Å². The van der Waals surface area contributed by atoms with E-state index < -0.39 is 11.8 Å². The number of hydrogen-bond acceptors (Lipinski definition) is 7. The third-order valence-electron chi connectivity index (χ3n) is 5.40. The summed E-state index contributed by atoms with van der Waals surface area (Å²) in [7, 11) is 0. The molecule has 0 radical (unpaired) electrons. The van der Waals surface area contributed by atoms with Crippen molar-refractivity contribution in [3.63, 3.8) is 0 Å². The van der Waals surface area contributed by atoms with Crippen LogP contribution in [0.5, 0.6) is 0 Å². The van der Waals surface area contributed by atoms with E-state index in [-0.39, 0.29) is 0 Å². The van der Waals surface area contributed by atoms with Gasteiger partial charge in [0.2, 0.25) is 0 Å². The number of carbonyl (C=O) groups excluding carboxylic acids is 1. The Balaban J connectivity index is 1.69. The van der Waals surface area contributed by atoms with Gasteiger partial charge in [0.05, 0.1) is 17.3 Å². The van der Waals surface area contributed by atoms with Gasteiger partial charge < -0.3 is 9.84 Å². The molecule has 0 bridgehead atoms. The lowest BCUT2D eigenvalue weighted by atomic mass is 9.88. The van der Waals surface area contributed by atoms with E-state index in [1.807, 2.05) is 66.9 Å². The van der Waals surface area contributed by atoms with Crippen molar-refractivity contribution >= 4 is 46.1 Å². The molecule has 0 fully saturated rings. The summed E-state index contributed by atoms with van der Waals surface area (Å²) in [6.07, 6.45) is 2.36. The van der Waals surface area contributed by atoms with Crippen LogP contribution >= 0.6 is 23.5 Å². The Labute approximate surface area is 187 Å². The van der Waals surface area contributed by atoms with Gasteiger partial charge in [-0.1, -0.05) is 48.5 Å². The standard InChI is InChI=1S/C24H18N2O3S2/c1-30-18-10-8-17(9-11-18)24(28)19(13-15-5-3-2-4-6-15)22(23(27)29-24)16-7-12-20-21(14-16)26-31-25-20/h2-12,14,28H,13H2,1H3. The van der Waals surface area contributed by atoms with Gasteiger partial charge in [0.15, 0.2) is 0 Å². The SMILES string of the molecule is CSc1ccc(C2(O)OC(=O)C(c3ccc4nsnc4c3)=C2Cc2ccccc2)cc1. The van der Waals surface area contributed by atoms with Crippen LogP contribution in [-0.2, 0) is 21.7 Å². The maximum atomic E-state index is 13.1. The van der Waals surface area contributed by atoms with E-state index in [1.54, 1.807) is 23.9 Å². The summed E-state index contributed by atoms with van der Waals surface area (Å²) in [4.78, 5) is 14.1. The quantitative estimate of drug-likeness (QED) is 0.350. The first-order valence-corrected chi connectivity index (χ1v) is 11.6. The molecule has 0 saturated heterocycles. The number of esters is 1. The van der Waals surface area contributed by atoms with Crippen LogP contribution in [0.3, 0.4) is 0 Å². The van der Waals surface area contributed by atoms with Crippen LogP contribution in [0, 0.1) is 0 Å². The first-order valence-electron chi connectivity index (χ1n) is 9.69. The molecule has 5 nitrogen and oxygen atoms in total. The summed E-state index contributed by atoms with van der Waals surface area (Å²) >= 11 is 2.73. The summed E-state index contributed by atoms with van der Waals surface area (Å²) in [5.74, 6) is -2.39. The fourth-order valence-electron chi connectivity index (χ4n) is 3.83. The van der Waals surface area contributed by atoms with Gasteiger partial charge in [-0.15, -0.1) is 11.8 Å². The first kappa shape index (κ1) is 19.9. The number of thioether (sulfide) groups is 1. The minimum Gasteiger partial charge on any atom is -0.421 e. The van der Waals surface area contributed by atoms with Crippen molar-refractivity contribution in [1.29, 1.82) is 0 Å². The second kappa shape index (κ2) is 7.92. The van der Waals surface area contributed by atoms with Crippen LogP contribution in [-0.4, -0.2) is 26.1 Å². The molecule has 1 aliphatic rings. The average molecular weight is 447 g/mol. The van der Waals surface area contributed by atoms with Gasteiger partial charge in [-0.2, -0.15) is 8.75 Å². The highest BCUT2D eigenvalue weighted by atomic mass is 32.2. The van der Waals surface area contributed by atoms with Crippen molar-refractivity contribution in [3.05, 3.63) is 95.1 Å². The molecule has 5 rings (SSSR count). The third-order valence-corrected chi connectivity index (χ3v) is 6.70. The molecule has 1 aromatic heterocycles. The Morgan fingerprint density at radius 3 is 2.48 bits per heavy atom. The van der Waals surface area contributed by atoms with E-state index in [2.05, 4.69) is 8.75 Å². The summed E-state index contributed by atoms with van der Waals surface area (Å²) in [6.45, 7) is 0. The van der Waals surface area contributed by atoms with Gasteiger partial charge in [-0.25, -0.2) is 4.79 Å². The lowest BCUT2D eigenvalue weighted by Crippen LogP contribution is -2.29. The molecular formula is C24H18N2O3S2. The monoisotopic (exact) mass is 446 g/mol. The molecule has 1 N–H and O–H groups in total. The van der Waals surface area contributed by atoms with Gasteiger partial charge in [0.1, 0.15) is 11.0 Å². The van der Waals surface area contributed by atoms with Gasteiger partial charge >= 0.3 is 5.97 Å². The summed E-state index contributed by atoms with van der Waals surface area (Å²) < 4.78 is 14.2. The number of nitrogens with zero attached hydrogens (tertiary/aromatic N) is 2. The van der Waals surface area contributed by atoms with Crippen molar-refractivity contribution in [1.82, 2.24) is 8.75 Å². The molecule has 0 amide bonds. The van der Waals surface area contributed by atoms with Crippen molar-refractivity contribution in [2.24, 2.45) is 0 Å². The molecule has 7 heteroatoms. The van der Waals surface area contributed by atoms with Crippen LogP contribution < -0.4 is 0 Å². The number of aliphatic hydroxyl groups is 1. The molecule has 1 unspecified atom stereocenters. The molecule has 0 saturated carbocycles. The topological polar surface area (TPSA) is 72.3 Å². The molecule has 31 heavy (non-hydrogen) atoms. The Morgan fingerprint density at radius 2 is 1.74 bits per heavy atom. The largest absolute Gasteiger partial charge is 0.421 e. The summed E-state index contributed by atoms with van der Waals surface area (Å²) in [6, 6.07) is 22.7. The molecule has 154 valence electrons. The minimum absolute atomic E-state index is 0.371. The lowest BCUT2D eigenvalue weighted by molar-refractivity contribution is -0.185. The van der Waals surface area contributed by atoms with Crippen LogP contribution in [0.1, 0.15) is 16.7 Å². The predicted molar refractivity (Wildman–Crippen MR) is 123 cm³/mol. The smallest absolute Gasteiger partial charge is 0.342 e. The van der Waals surface area contributed by atoms with E-state index in [4.69, 9.17) is 4.74 Å². The maximum absolute atomic E-state index is 13.1. The Bertz CT molecular complexity index is 1300. The first-order chi connectivity index (χ1) is 15.1. The van der Waals surface area contributed by atoms with Crippen LogP contribution in [0.25, 0.3) is 16.6 Å². The lowest BCUT2D eigenvalue weighted by Gasteiger charge is -2.26. The van der Waals surface area contributed by atoms with E-state index in [0.29, 0.717) is 34.2 Å². The molecule has 1 aliphatic heterocycles. The van der Waals surface area contributed by atoms with Crippen molar-refractivity contribution in [3.8, 4) is 0 Å².